The molecule has 0 aromatic carbocycles. The van der Waals surface area contributed by atoms with Crippen molar-refractivity contribution in [2.24, 2.45) is 0 Å². The first-order chi connectivity index (χ1) is 6.86. The number of hydrogen-bond acceptors (Lipinski definition) is 3. The maximum absolute atomic E-state index is 11.8. The molecule has 0 radical (unpaired) electrons. The van der Waals surface area contributed by atoms with Gasteiger partial charge in [0.05, 0.1) is 4.34 Å². The van der Waals surface area contributed by atoms with Crippen molar-refractivity contribution in [3.05, 3.63) is 16.0 Å². The van der Waals surface area contributed by atoms with Gasteiger partial charge in [-0.05, 0) is 31.9 Å². The summed E-state index contributed by atoms with van der Waals surface area (Å²) in [6.45, 7) is 5.56. The number of aryl methyl sites for hydroxylation is 1. The van der Waals surface area contributed by atoms with E-state index in [9.17, 15) is 8.42 Å². The van der Waals surface area contributed by atoms with Crippen molar-refractivity contribution in [3.8, 4) is 0 Å². The molecule has 1 atom stereocenters. The van der Waals surface area contributed by atoms with Crippen LogP contribution in [0.3, 0.4) is 0 Å². The Morgan fingerprint density at radius 3 is 2.60 bits per heavy atom. The average molecular weight is 268 g/mol. The van der Waals surface area contributed by atoms with E-state index in [0.29, 0.717) is 4.34 Å². The maximum Gasteiger partial charge on any atom is 0.250 e. The number of halogens is 1. The highest BCUT2D eigenvalue weighted by molar-refractivity contribution is 7.91. The van der Waals surface area contributed by atoms with E-state index in [0.717, 1.165) is 23.3 Å². The molecule has 0 saturated heterocycles. The summed E-state index contributed by atoms with van der Waals surface area (Å²) in [5.74, 6) is 0. The summed E-state index contributed by atoms with van der Waals surface area (Å²) in [5.41, 5.74) is 0.797. The summed E-state index contributed by atoms with van der Waals surface area (Å²) in [6.07, 6.45) is 0.761. The largest absolute Gasteiger partial charge is 0.250 e. The predicted octanol–water partition coefficient (Wildman–Crippen LogP) is 2.79. The van der Waals surface area contributed by atoms with Crippen LogP contribution in [0.15, 0.2) is 10.3 Å². The molecule has 1 heterocycles. The predicted molar refractivity (Wildman–Crippen MR) is 64.1 cm³/mol. The molecule has 0 saturated carbocycles. The zero-order chi connectivity index (χ0) is 11.6. The fraction of sp³-hybridized carbons (Fsp3) is 0.556. The molecule has 0 spiro atoms. The fourth-order valence-corrected chi connectivity index (χ4v) is 4.02. The monoisotopic (exact) mass is 267 g/mol. The molecular weight excluding hydrogens is 254 g/mol. The molecular formula is C9H14ClNO2S2. The van der Waals surface area contributed by atoms with Gasteiger partial charge in [0.1, 0.15) is 4.21 Å². The molecule has 0 fully saturated rings. The Kier molecular flexibility index (Phi) is 4.17. The second-order valence-corrected chi connectivity index (χ2v) is 7.05. The molecule has 1 unspecified atom stereocenters. The highest BCUT2D eigenvalue weighted by atomic mass is 35.5. The Hall–Kier alpha value is -0.100. The highest BCUT2D eigenvalue weighted by Gasteiger charge is 2.19. The van der Waals surface area contributed by atoms with Crippen LogP contribution in [-0.4, -0.2) is 14.5 Å². The summed E-state index contributed by atoms with van der Waals surface area (Å²) in [4.78, 5) is 0. The molecule has 15 heavy (non-hydrogen) atoms. The SMILES string of the molecule is CCC(C)NS(=O)(=O)c1cc(C)c(Cl)s1. The molecule has 3 nitrogen and oxygen atoms in total. The van der Waals surface area contributed by atoms with E-state index >= 15 is 0 Å². The second-order valence-electron chi connectivity index (χ2n) is 3.45. The lowest BCUT2D eigenvalue weighted by Gasteiger charge is -2.10. The Bertz CT molecular complexity index is 419. The van der Waals surface area contributed by atoms with E-state index < -0.39 is 10.0 Å². The van der Waals surface area contributed by atoms with E-state index in [1.54, 1.807) is 13.0 Å². The number of hydrogen-bond donors (Lipinski definition) is 1. The minimum atomic E-state index is -3.39. The molecule has 1 rings (SSSR count). The van der Waals surface area contributed by atoms with Crippen LogP contribution in [0.5, 0.6) is 0 Å². The smallest absolute Gasteiger partial charge is 0.208 e. The van der Waals surface area contributed by atoms with Crippen molar-refractivity contribution >= 4 is 33.0 Å². The quantitative estimate of drug-likeness (QED) is 0.912. The molecule has 0 amide bonds. The second kappa shape index (κ2) is 4.82. The molecule has 0 bridgehead atoms. The van der Waals surface area contributed by atoms with Gasteiger partial charge in [-0.1, -0.05) is 18.5 Å². The summed E-state index contributed by atoms with van der Waals surface area (Å²) in [6, 6.07) is 1.54. The van der Waals surface area contributed by atoms with Gasteiger partial charge in [-0.3, -0.25) is 0 Å². The molecule has 0 aliphatic rings. The number of rotatable bonds is 4. The van der Waals surface area contributed by atoms with Crippen LogP contribution in [0.2, 0.25) is 4.34 Å². The van der Waals surface area contributed by atoms with Gasteiger partial charge in [0.25, 0.3) is 0 Å². The number of nitrogens with one attached hydrogen (secondary N) is 1. The first kappa shape index (κ1) is 13.0. The molecule has 1 aromatic heterocycles. The van der Waals surface area contributed by atoms with E-state index in [1.165, 1.54) is 0 Å². The lowest BCUT2D eigenvalue weighted by atomic mass is 10.3. The average Bonchev–Trinajstić information content (AvgIpc) is 2.47. The Morgan fingerprint density at radius 1 is 1.60 bits per heavy atom. The van der Waals surface area contributed by atoms with Crippen LogP contribution < -0.4 is 4.72 Å². The molecule has 1 aromatic rings. The standard InChI is InChI=1S/C9H14ClNO2S2/c1-4-7(3)11-15(12,13)8-5-6(2)9(10)14-8/h5,7,11H,4H2,1-3H3. The topological polar surface area (TPSA) is 46.2 Å². The van der Waals surface area contributed by atoms with Crippen LogP contribution >= 0.6 is 22.9 Å². The first-order valence-corrected chi connectivity index (χ1v) is 7.33. The van der Waals surface area contributed by atoms with Gasteiger partial charge in [-0.25, -0.2) is 13.1 Å². The maximum atomic E-state index is 11.8. The number of sulfonamides is 1. The lowest BCUT2D eigenvalue weighted by Crippen LogP contribution is -2.31. The Morgan fingerprint density at radius 2 is 2.20 bits per heavy atom. The van der Waals surface area contributed by atoms with Crippen LogP contribution in [0.25, 0.3) is 0 Å². The molecule has 86 valence electrons. The van der Waals surface area contributed by atoms with Crippen LogP contribution in [0, 0.1) is 6.92 Å². The van der Waals surface area contributed by atoms with Crippen LogP contribution in [0.4, 0.5) is 0 Å². The third kappa shape index (κ3) is 3.17. The van der Waals surface area contributed by atoms with Crippen molar-refractivity contribution < 1.29 is 8.42 Å². The van der Waals surface area contributed by atoms with Gasteiger partial charge in [0.15, 0.2) is 0 Å². The van der Waals surface area contributed by atoms with Gasteiger partial charge < -0.3 is 0 Å². The molecule has 1 N–H and O–H groups in total. The van der Waals surface area contributed by atoms with Gasteiger partial charge in [-0.2, -0.15) is 0 Å². The van der Waals surface area contributed by atoms with Crippen molar-refractivity contribution in [2.75, 3.05) is 0 Å². The van der Waals surface area contributed by atoms with Gasteiger partial charge in [-0.15, -0.1) is 11.3 Å². The van der Waals surface area contributed by atoms with Crippen LogP contribution in [0.1, 0.15) is 25.8 Å². The minimum Gasteiger partial charge on any atom is -0.208 e. The van der Waals surface area contributed by atoms with Gasteiger partial charge in [0, 0.05) is 6.04 Å². The summed E-state index contributed by atoms with van der Waals surface area (Å²) in [7, 11) is -3.39. The van der Waals surface area contributed by atoms with Crippen molar-refractivity contribution in [1.29, 1.82) is 0 Å². The summed E-state index contributed by atoms with van der Waals surface area (Å²) < 4.78 is 27.0. The third-order valence-corrected chi connectivity index (χ3v) is 5.69. The van der Waals surface area contributed by atoms with Gasteiger partial charge >= 0.3 is 0 Å². The van der Waals surface area contributed by atoms with Crippen LogP contribution in [-0.2, 0) is 10.0 Å². The Balaban J connectivity index is 2.96. The first-order valence-electron chi connectivity index (χ1n) is 4.65. The van der Waals surface area contributed by atoms with Crippen molar-refractivity contribution in [2.45, 2.75) is 37.4 Å². The zero-order valence-electron chi connectivity index (χ0n) is 8.87. The summed E-state index contributed by atoms with van der Waals surface area (Å²) >= 11 is 6.92. The normalized spacial score (nSPS) is 14.1. The highest BCUT2D eigenvalue weighted by Crippen LogP contribution is 2.30. The van der Waals surface area contributed by atoms with Crippen molar-refractivity contribution in [1.82, 2.24) is 4.72 Å². The van der Waals surface area contributed by atoms with E-state index in [2.05, 4.69) is 4.72 Å². The third-order valence-electron chi connectivity index (χ3n) is 2.07. The Labute approximate surface area is 99.5 Å². The van der Waals surface area contributed by atoms with Gasteiger partial charge in [0.2, 0.25) is 10.0 Å². The van der Waals surface area contributed by atoms with E-state index in [1.807, 2.05) is 13.8 Å². The fourth-order valence-electron chi connectivity index (χ4n) is 0.970. The molecule has 0 aliphatic carbocycles. The zero-order valence-corrected chi connectivity index (χ0v) is 11.3. The van der Waals surface area contributed by atoms with E-state index in [-0.39, 0.29) is 10.3 Å². The summed E-state index contributed by atoms with van der Waals surface area (Å²) in [5, 5.41) is 0. The van der Waals surface area contributed by atoms with E-state index in [4.69, 9.17) is 11.6 Å². The molecule has 6 heteroatoms. The lowest BCUT2D eigenvalue weighted by molar-refractivity contribution is 0.558. The number of thiophene rings is 1. The van der Waals surface area contributed by atoms with Crippen molar-refractivity contribution in [3.63, 3.8) is 0 Å². The molecule has 0 aliphatic heterocycles. The minimum absolute atomic E-state index is 0.0591.